The molecule has 0 aromatic heterocycles. The Morgan fingerprint density at radius 3 is 2.37 bits per heavy atom. The number of para-hydroxylation sites is 1. The molecule has 1 aliphatic heterocycles. The van der Waals surface area contributed by atoms with Crippen LogP contribution in [0.25, 0.3) is 0 Å². The van der Waals surface area contributed by atoms with E-state index in [2.05, 4.69) is 17.6 Å². The Bertz CT molecular complexity index is 442. The second-order valence-corrected chi connectivity index (χ2v) is 5.60. The van der Waals surface area contributed by atoms with Crippen molar-refractivity contribution in [3.05, 3.63) is 29.3 Å². The number of aryl methyl sites for hydroxylation is 2. The molecule has 0 bridgehead atoms. The van der Waals surface area contributed by atoms with Gasteiger partial charge in [0.05, 0.1) is 5.41 Å². The molecule has 1 aromatic carbocycles. The van der Waals surface area contributed by atoms with Crippen molar-refractivity contribution in [2.75, 3.05) is 18.4 Å². The van der Waals surface area contributed by atoms with Gasteiger partial charge < -0.3 is 10.6 Å². The zero-order valence-electron chi connectivity index (χ0n) is 12.2. The topological polar surface area (TPSA) is 41.1 Å². The summed E-state index contributed by atoms with van der Waals surface area (Å²) in [7, 11) is 0. The summed E-state index contributed by atoms with van der Waals surface area (Å²) < 4.78 is 0. The fourth-order valence-electron chi connectivity index (χ4n) is 2.90. The molecule has 0 saturated carbocycles. The summed E-state index contributed by atoms with van der Waals surface area (Å²) in [6.07, 6.45) is 2.77. The number of rotatable bonds is 3. The molecule has 19 heavy (non-hydrogen) atoms. The average molecular weight is 260 g/mol. The molecule has 1 amide bonds. The van der Waals surface area contributed by atoms with Gasteiger partial charge in [-0.3, -0.25) is 4.79 Å². The Kier molecular flexibility index (Phi) is 4.25. The molecule has 1 aliphatic rings. The van der Waals surface area contributed by atoms with E-state index in [1.54, 1.807) is 0 Å². The van der Waals surface area contributed by atoms with Crippen LogP contribution in [0, 0.1) is 19.3 Å². The van der Waals surface area contributed by atoms with E-state index in [1.807, 2.05) is 32.0 Å². The third kappa shape index (κ3) is 2.81. The Morgan fingerprint density at radius 1 is 1.26 bits per heavy atom. The van der Waals surface area contributed by atoms with Gasteiger partial charge in [-0.15, -0.1) is 0 Å². The van der Waals surface area contributed by atoms with Crippen molar-refractivity contribution in [3.63, 3.8) is 0 Å². The molecule has 1 fully saturated rings. The molecule has 104 valence electrons. The van der Waals surface area contributed by atoms with Crippen molar-refractivity contribution in [2.24, 2.45) is 5.41 Å². The molecule has 0 unspecified atom stereocenters. The van der Waals surface area contributed by atoms with Gasteiger partial charge in [0.25, 0.3) is 0 Å². The van der Waals surface area contributed by atoms with Gasteiger partial charge in [0.1, 0.15) is 0 Å². The molecule has 1 heterocycles. The van der Waals surface area contributed by atoms with E-state index in [0.29, 0.717) is 0 Å². The zero-order valence-corrected chi connectivity index (χ0v) is 12.2. The molecule has 1 aromatic rings. The normalized spacial score (nSPS) is 18.1. The van der Waals surface area contributed by atoms with E-state index < -0.39 is 0 Å². The molecule has 0 radical (unpaired) electrons. The number of hydrogen-bond acceptors (Lipinski definition) is 2. The summed E-state index contributed by atoms with van der Waals surface area (Å²) in [5.41, 5.74) is 3.06. The first kappa shape index (κ1) is 14.1. The van der Waals surface area contributed by atoms with Gasteiger partial charge in [0.15, 0.2) is 0 Å². The highest BCUT2D eigenvalue weighted by Gasteiger charge is 2.37. The highest BCUT2D eigenvalue weighted by atomic mass is 16.2. The van der Waals surface area contributed by atoms with Gasteiger partial charge in [0, 0.05) is 5.69 Å². The van der Waals surface area contributed by atoms with E-state index >= 15 is 0 Å². The molecule has 0 atom stereocenters. The first-order valence-corrected chi connectivity index (χ1v) is 7.17. The van der Waals surface area contributed by atoms with Crippen molar-refractivity contribution >= 4 is 11.6 Å². The molecule has 3 nitrogen and oxygen atoms in total. The first-order valence-electron chi connectivity index (χ1n) is 7.17. The minimum atomic E-state index is -0.194. The number of hydrogen-bond donors (Lipinski definition) is 2. The van der Waals surface area contributed by atoms with Crippen LogP contribution in [0.1, 0.15) is 37.3 Å². The van der Waals surface area contributed by atoms with E-state index in [1.165, 1.54) is 0 Å². The maximum Gasteiger partial charge on any atom is 0.230 e. The van der Waals surface area contributed by atoms with E-state index in [0.717, 1.165) is 49.2 Å². The van der Waals surface area contributed by atoms with Crippen molar-refractivity contribution < 1.29 is 4.79 Å². The van der Waals surface area contributed by atoms with Gasteiger partial charge >= 0.3 is 0 Å². The lowest BCUT2D eigenvalue weighted by atomic mass is 9.75. The Balaban J connectivity index is 2.20. The number of carbonyl (C=O) groups is 1. The highest BCUT2D eigenvalue weighted by molar-refractivity contribution is 5.96. The van der Waals surface area contributed by atoms with Crippen LogP contribution in [0.2, 0.25) is 0 Å². The maximum absolute atomic E-state index is 12.7. The minimum Gasteiger partial charge on any atom is -0.325 e. The zero-order chi connectivity index (χ0) is 13.9. The molecule has 3 heteroatoms. The van der Waals surface area contributed by atoms with Crippen LogP contribution in [-0.4, -0.2) is 19.0 Å². The van der Waals surface area contributed by atoms with Gasteiger partial charge in [-0.1, -0.05) is 25.1 Å². The van der Waals surface area contributed by atoms with Crippen LogP contribution >= 0.6 is 0 Å². The summed E-state index contributed by atoms with van der Waals surface area (Å²) in [6.45, 7) is 8.09. The third-order valence-electron chi connectivity index (χ3n) is 4.44. The highest BCUT2D eigenvalue weighted by Crippen LogP contribution is 2.34. The summed E-state index contributed by atoms with van der Waals surface area (Å²) in [5, 5.41) is 6.51. The smallest absolute Gasteiger partial charge is 0.230 e. The van der Waals surface area contributed by atoms with Gasteiger partial charge in [-0.2, -0.15) is 0 Å². The molecule has 1 saturated heterocycles. The molecular weight excluding hydrogens is 236 g/mol. The fraction of sp³-hybridized carbons (Fsp3) is 0.562. The minimum absolute atomic E-state index is 0.189. The number of benzene rings is 1. The third-order valence-corrected chi connectivity index (χ3v) is 4.44. The average Bonchev–Trinajstić information content (AvgIpc) is 2.43. The van der Waals surface area contributed by atoms with Crippen LogP contribution in [0.4, 0.5) is 5.69 Å². The lowest BCUT2D eigenvalue weighted by Crippen LogP contribution is -2.44. The van der Waals surface area contributed by atoms with E-state index in [9.17, 15) is 4.79 Å². The van der Waals surface area contributed by atoms with Crippen molar-refractivity contribution in [1.82, 2.24) is 5.32 Å². The maximum atomic E-state index is 12.7. The molecule has 0 spiro atoms. The Morgan fingerprint density at radius 2 is 1.84 bits per heavy atom. The summed E-state index contributed by atoms with van der Waals surface area (Å²) in [5.74, 6) is 0.189. The summed E-state index contributed by atoms with van der Waals surface area (Å²) in [6, 6.07) is 6.12. The van der Waals surface area contributed by atoms with Crippen molar-refractivity contribution in [3.8, 4) is 0 Å². The summed E-state index contributed by atoms with van der Waals surface area (Å²) in [4.78, 5) is 12.7. The fourth-order valence-corrected chi connectivity index (χ4v) is 2.90. The number of carbonyl (C=O) groups excluding carboxylic acids is 1. The van der Waals surface area contributed by atoms with E-state index in [-0.39, 0.29) is 11.3 Å². The number of piperidine rings is 1. The largest absolute Gasteiger partial charge is 0.325 e. The number of anilines is 1. The van der Waals surface area contributed by atoms with Crippen LogP contribution in [-0.2, 0) is 4.79 Å². The first-order chi connectivity index (χ1) is 9.09. The Labute approximate surface area is 115 Å². The Hall–Kier alpha value is -1.35. The predicted molar refractivity (Wildman–Crippen MR) is 79.4 cm³/mol. The molecule has 2 N–H and O–H groups in total. The van der Waals surface area contributed by atoms with Gasteiger partial charge in [0.2, 0.25) is 5.91 Å². The predicted octanol–water partition coefficient (Wildman–Crippen LogP) is 3.02. The van der Waals surface area contributed by atoms with Crippen LogP contribution in [0.5, 0.6) is 0 Å². The lowest BCUT2D eigenvalue weighted by molar-refractivity contribution is -0.127. The SMILES string of the molecule is CCC1(C(=O)Nc2c(C)cccc2C)CCNCC1. The van der Waals surface area contributed by atoms with Gasteiger partial charge in [-0.05, 0) is 57.3 Å². The number of amides is 1. The molecule has 0 aliphatic carbocycles. The van der Waals surface area contributed by atoms with Crippen molar-refractivity contribution in [1.29, 1.82) is 0 Å². The standard InChI is InChI=1S/C16H24N2O/c1-4-16(8-10-17-11-9-16)15(19)18-14-12(2)6-5-7-13(14)3/h5-7,17H,4,8-11H2,1-3H3,(H,18,19). The van der Waals surface area contributed by atoms with Crippen LogP contribution in [0.3, 0.4) is 0 Å². The lowest BCUT2D eigenvalue weighted by Gasteiger charge is -2.35. The van der Waals surface area contributed by atoms with Crippen molar-refractivity contribution in [2.45, 2.75) is 40.0 Å². The molecular formula is C16H24N2O. The molecule has 2 rings (SSSR count). The van der Waals surface area contributed by atoms with E-state index in [4.69, 9.17) is 0 Å². The quantitative estimate of drug-likeness (QED) is 0.877. The van der Waals surface area contributed by atoms with Gasteiger partial charge in [-0.25, -0.2) is 0 Å². The van der Waals surface area contributed by atoms with Crippen LogP contribution < -0.4 is 10.6 Å². The number of nitrogens with one attached hydrogen (secondary N) is 2. The second kappa shape index (κ2) is 5.74. The van der Waals surface area contributed by atoms with Crippen LogP contribution in [0.15, 0.2) is 18.2 Å². The second-order valence-electron chi connectivity index (χ2n) is 5.60. The summed E-state index contributed by atoms with van der Waals surface area (Å²) >= 11 is 0. The monoisotopic (exact) mass is 260 g/mol.